The number of benzene rings is 5. The number of carbonyl (C=O) groups is 2. The van der Waals surface area contributed by atoms with Crippen LogP contribution >= 0.6 is 0 Å². The third-order valence-corrected chi connectivity index (χ3v) is 9.76. The molecular weight excluding hydrogens is 784 g/mol. The van der Waals surface area contributed by atoms with Crippen LogP contribution in [0.1, 0.15) is 72.0 Å². The minimum atomic E-state index is -4.83. The molecule has 5 aromatic carbocycles. The molecule has 10 nitrogen and oxygen atoms in total. The van der Waals surface area contributed by atoms with Crippen molar-refractivity contribution < 1.29 is 37.0 Å². The number of alkyl halides is 3. The maximum absolute atomic E-state index is 14.1. The number of ether oxygens (including phenoxy) is 3. The van der Waals surface area contributed by atoms with Crippen molar-refractivity contribution in [3.63, 3.8) is 0 Å². The Hall–Kier alpha value is -6.76. The summed E-state index contributed by atoms with van der Waals surface area (Å²) in [5, 5.41) is 9.26. The van der Waals surface area contributed by atoms with Gasteiger partial charge in [-0.05, 0) is 92.1 Å². The van der Waals surface area contributed by atoms with Crippen molar-refractivity contribution >= 4 is 23.4 Å². The fraction of sp³-hybridized carbons (Fsp3) is 0.271. The summed E-state index contributed by atoms with van der Waals surface area (Å²) in [6.45, 7) is 7.02. The predicted molar refractivity (Wildman–Crippen MR) is 228 cm³/mol. The molecule has 61 heavy (non-hydrogen) atoms. The van der Waals surface area contributed by atoms with E-state index in [0.29, 0.717) is 48.4 Å². The largest absolute Gasteiger partial charge is 0.489 e. The monoisotopic (exact) mass is 831 g/mol. The normalized spacial score (nSPS) is 12.7. The van der Waals surface area contributed by atoms with Gasteiger partial charge >= 0.3 is 12.3 Å². The first-order valence-corrected chi connectivity index (χ1v) is 20.1. The number of rotatable bonds is 16. The van der Waals surface area contributed by atoms with Crippen LogP contribution in [0, 0.1) is 5.92 Å². The van der Waals surface area contributed by atoms with Gasteiger partial charge in [0.25, 0.3) is 5.91 Å². The highest BCUT2D eigenvalue weighted by atomic mass is 19.4. The molecule has 0 atom stereocenters. The second kappa shape index (κ2) is 18.7. The highest BCUT2D eigenvalue weighted by molar-refractivity contribution is 6.03. The number of aromatic nitrogens is 2. The van der Waals surface area contributed by atoms with E-state index in [0.717, 1.165) is 52.5 Å². The maximum atomic E-state index is 14.1. The third kappa shape index (κ3) is 11.9. The highest BCUT2D eigenvalue weighted by Gasteiger charge is 2.36. The van der Waals surface area contributed by atoms with Crippen molar-refractivity contribution in [2.45, 2.75) is 71.7 Å². The zero-order chi connectivity index (χ0) is 43.0. The SMILES string of the molecule is CC(C)(C)OC(=O)NCc1ccccc1-n1nc(C(F)(F)F)cc1C(=O)Nc1cccc(CN(CC2CC2)c2cc(OCc3ccccc3)ccc2OCc2ccccc2)c1. The van der Waals surface area contributed by atoms with Crippen LogP contribution in [-0.4, -0.2) is 33.9 Å². The van der Waals surface area contributed by atoms with Crippen LogP contribution in [0.4, 0.5) is 29.3 Å². The Labute approximate surface area is 353 Å². The molecule has 1 fully saturated rings. The van der Waals surface area contributed by atoms with Gasteiger partial charge in [-0.25, -0.2) is 9.48 Å². The summed E-state index contributed by atoms with van der Waals surface area (Å²) in [4.78, 5) is 28.6. The van der Waals surface area contributed by atoms with Crippen molar-refractivity contribution in [1.82, 2.24) is 15.1 Å². The zero-order valence-electron chi connectivity index (χ0n) is 34.2. The van der Waals surface area contributed by atoms with Gasteiger partial charge in [-0.3, -0.25) is 4.79 Å². The molecule has 0 aliphatic heterocycles. The van der Waals surface area contributed by atoms with Crippen molar-refractivity contribution in [1.29, 1.82) is 0 Å². The van der Waals surface area contributed by atoms with E-state index in [9.17, 15) is 22.8 Å². The Kier molecular flexibility index (Phi) is 13.0. The van der Waals surface area contributed by atoms with Gasteiger partial charge in [0.15, 0.2) is 5.69 Å². The van der Waals surface area contributed by atoms with Crippen LogP contribution in [0.2, 0.25) is 0 Å². The van der Waals surface area contributed by atoms with Gasteiger partial charge < -0.3 is 29.7 Å². The summed E-state index contributed by atoms with van der Waals surface area (Å²) in [5.74, 6) is 1.06. The third-order valence-electron chi connectivity index (χ3n) is 9.76. The highest BCUT2D eigenvalue weighted by Crippen LogP contribution is 2.39. The second-order valence-corrected chi connectivity index (χ2v) is 16.0. The molecule has 0 saturated heterocycles. The molecule has 6 aromatic rings. The summed E-state index contributed by atoms with van der Waals surface area (Å²) >= 11 is 0. The molecule has 0 radical (unpaired) electrons. The topological polar surface area (TPSA) is 107 Å². The zero-order valence-corrected chi connectivity index (χ0v) is 34.2. The first-order chi connectivity index (χ1) is 29.3. The number of nitrogens with one attached hydrogen (secondary N) is 2. The summed E-state index contributed by atoms with van der Waals surface area (Å²) in [6.07, 6.45) is -3.33. The van der Waals surface area contributed by atoms with Gasteiger partial charge in [-0.2, -0.15) is 18.3 Å². The predicted octanol–water partition coefficient (Wildman–Crippen LogP) is 10.7. The summed E-state index contributed by atoms with van der Waals surface area (Å²) in [6, 6.07) is 40.1. The number of para-hydroxylation sites is 1. The lowest BCUT2D eigenvalue weighted by Gasteiger charge is -2.28. The van der Waals surface area contributed by atoms with Gasteiger partial charge in [0, 0.05) is 37.5 Å². The smallest absolute Gasteiger partial charge is 0.435 e. The van der Waals surface area contributed by atoms with Gasteiger partial charge in [0.05, 0.1) is 11.4 Å². The molecule has 1 aliphatic rings. The van der Waals surface area contributed by atoms with E-state index in [1.165, 1.54) is 6.07 Å². The first kappa shape index (κ1) is 42.4. The van der Waals surface area contributed by atoms with Crippen LogP contribution in [0.3, 0.4) is 0 Å². The van der Waals surface area contributed by atoms with E-state index in [4.69, 9.17) is 14.2 Å². The second-order valence-electron chi connectivity index (χ2n) is 16.0. The van der Waals surface area contributed by atoms with E-state index in [-0.39, 0.29) is 17.9 Å². The number of hydrogen-bond acceptors (Lipinski definition) is 7. The van der Waals surface area contributed by atoms with Crippen LogP contribution in [-0.2, 0) is 37.2 Å². The molecule has 316 valence electrons. The lowest BCUT2D eigenvalue weighted by Crippen LogP contribution is -2.32. The molecule has 2 N–H and O–H groups in total. The Bertz CT molecular complexity index is 2430. The minimum absolute atomic E-state index is 0.0895. The summed E-state index contributed by atoms with van der Waals surface area (Å²) in [7, 11) is 0. The van der Waals surface area contributed by atoms with E-state index >= 15 is 0 Å². The quantitative estimate of drug-likeness (QED) is 0.100. The number of amides is 2. The van der Waals surface area contributed by atoms with Crippen LogP contribution < -0.4 is 25.0 Å². The van der Waals surface area contributed by atoms with Crippen molar-refractivity contribution in [3.8, 4) is 17.2 Å². The lowest BCUT2D eigenvalue weighted by atomic mass is 10.1. The standard InChI is InChI=1S/C48H48F3N5O5/c1-47(2,3)61-46(58)52-28-37-18-10-11-20-40(37)56-42(27-44(54-56)48(49,50)51)45(57)53-38-19-12-17-36(25-38)30-55(29-33-21-22-33)41-26-39(59-31-34-13-6-4-7-14-34)23-24-43(41)60-32-35-15-8-5-9-16-35/h4-20,23-27,33H,21-22,28-32H2,1-3H3,(H,52,58)(H,53,57). The van der Waals surface area contributed by atoms with Gasteiger partial charge in [-0.15, -0.1) is 0 Å². The molecule has 2 amide bonds. The molecule has 1 aromatic heterocycles. The molecule has 7 rings (SSSR count). The lowest BCUT2D eigenvalue weighted by molar-refractivity contribution is -0.141. The average molecular weight is 832 g/mol. The van der Waals surface area contributed by atoms with Crippen molar-refractivity contribution in [2.24, 2.45) is 5.92 Å². The number of halogens is 3. The summed E-state index contributed by atoms with van der Waals surface area (Å²) in [5.41, 5.74) is 2.42. The van der Waals surface area contributed by atoms with Gasteiger partial charge in [-0.1, -0.05) is 91.0 Å². The fourth-order valence-electron chi connectivity index (χ4n) is 6.67. The molecule has 1 saturated carbocycles. The fourth-order valence-corrected chi connectivity index (χ4v) is 6.67. The Morgan fingerprint density at radius 2 is 1.43 bits per heavy atom. The number of hydrogen-bond donors (Lipinski definition) is 2. The first-order valence-electron chi connectivity index (χ1n) is 20.1. The average Bonchev–Trinajstić information content (AvgIpc) is 3.94. The molecule has 0 unspecified atom stereocenters. The van der Waals surface area contributed by atoms with E-state index < -0.39 is 29.5 Å². The molecule has 13 heteroatoms. The molecule has 0 spiro atoms. The van der Waals surface area contributed by atoms with Gasteiger partial charge in [0.2, 0.25) is 0 Å². The molecule has 0 bridgehead atoms. The Morgan fingerprint density at radius 3 is 2.10 bits per heavy atom. The molecular formula is C48H48F3N5O5. The Morgan fingerprint density at radius 1 is 0.770 bits per heavy atom. The number of anilines is 2. The number of nitrogens with zero attached hydrogens (tertiary/aromatic N) is 3. The van der Waals surface area contributed by atoms with E-state index in [2.05, 4.69) is 20.6 Å². The molecule has 1 aliphatic carbocycles. The summed E-state index contributed by atoms with van der Waals surface area (Å²) < 4.78 is 61.3. The van der Waals surface area contributed by atoms with E-state index in [1.54, 1.807) is 51.1 Å². The number of carbonyl (C=O) groups excluding carboxylic acids is 2. The maximum Gasteiger partial charge on any atom is 0.435 e. The van der Waals surface area contributed by atoms with Crippen LogP contribution in [0.15, 0.2) is 133 Å². The van der Waals surface area contributed by atoms with Crippen molar-refractivity contribution in [2.75, 3.05) is 16.8 Å². The molecule has 1 heterocycles. The van der Waals surface area contributed by atoms with Crippen LogP contribution in [0.25, 0.3) is 5.69 Å². The minimum Gasteiger partial charge on any atom is -0.489 e. The van der Waals surface area contributed by atoms with Crippen LogP contribution in [0.5, 0.6) is 11.5 Å². The number of alkyl carbamates (subject to hydrolysis) is 1. The van der Waals surface area contributed by atoms with E-state index in [1.807, 2.05) is 91.0 Å². The Balaban J connectivity index is 1.14. The van der Waals surface area contributed by atoms with Gasteiger partial charge in [0.1, 0.15) is 36.0 Å². The van der Waals surface area contributed by atoms with Crippen molar-refractivity contribution in [3.05, 3.63) is 167 Å².